The van der Waals surface area contributed by atoms with Gasteiger partial charge in [-0.25, -0.2) is 0 Å². The Bertz CT molecular complexity index is 140. The van der Waals surface area contributed by atoms with Crippen LogP contribution in [0.2, 0.25) is 0 Å². The molecule has 106 valence electrons. The van der Waals surface area contributed by atoms with Crippen molar-refractivity contribution in [3.8, 4) is 0 Å². The van der Waals surface area contributed by atoms with Crippen LogP contribution in [0.5, 0.6) is 0 Å². The molecule has 0 aliphatic heterocycles. The lowest BCUT2D eigenvalue weighted by atomic mass is 10.1. The number of unbranched alkanes of at least 4 members (excludes halogenated alkanes) is 9. The van der Waals surface area contributed by atoms with Crippen molar-refractivity contribution in [1.82, 2.24) is 0 Å². The maximum atomic E-state index is 2.46. The lowest BCUT2D eigenvalue weighted by Gasteiger charge is -2.10. The summed E-state index contributed by atoms with van der Waals surface area (Å²) in [7, 11) is -0.490. The first-order valence-electron chi connectivity index (χ1n) is 7.36. The first-order valence-corrected chi connectivity index (χ1v) is 10.7. The molecule has 17 heavy (non-hydrogen) atoms. The highest BCUT2D eigenvalue weighted by Crippen LogP contribution is 2.47. The third kappa shape index (κ3) is 19.2. The van der Waals surface area contributed by atoms with Crippen LogP contribution in [0.3, 0.4) is 0 Å². The van der Waals surface area contributed by atoms with Gasteiger partial charge < -0.3 is 0 Å². The van der Waals surface area contributed by atoms with E-state index in [2.05, 4.69) is 26.9 Å². The van der Waals surface area contributed by atoms with Gasteiger partial charge in [-0.1, -0.05) is 58.3 Å². The van der Waals surface area contributed by atoms with E-state index in [9.17, 15) is 0 Å². The van der Waals surface area contributed by atoms with Gasteiger partial charge in [0.25, 0.3) is 0 Å². The van der Waals surface area contributed by atoms with Gasteiger partial charge in [-0.15, -0.1) is 12.4 Å². The van der Waals surface area contributed by atoms with E-state index in [4.69, 9.17) is 0 Å². The zero-order chi connectivity index (χ0) is 12.3. The molecule has 2 heteroatoms. The minimum absolute atomic E-state index is 0. The van der Waals surface area contributed by atoms with E-state index in [0.717, 1.165) is 0 Å². The van der Waals surface area contributed by atoms with Gasteiger partial charge in [0, 0.05) is 27.3 Å². The Hall–Kier alpha value is 0.720. The van der Waals surface area contributed by atoms with Crippen molar-refractivity contribution in [2.24, 2.45) is 0 Å². The smallest absolute Gasteiger partial charge is 0.0586 e. The van der Waals surface area contributed by atoms with Crippen LogP contribution in [-0.4, -0.2) is 26.2 Å². The maximum absolute atomic E-state index is 2.46. The van der Waals surface area contributed by atoms with Crippen LogP contribution < -0.4 is 0 Å². The number of hydrogen-bond acceptors (Lipinski definition) is 0. The summed E-state index contributed by atoms with van der Waals surface area (Å²) in [5.74, 6) is 0. The fourth-order valence-electron chi connectivity index (χ4n) is 2.07. The van der Waals surface area contributed by atoms with Crippen molar-refractivity contribution in [1.29, 1.82) is 0 Å². The van der Waals surface area contributed by atoms with E-state index in [1.165, 1.54) is 70.4 Å². The van der Waals surface area contributed by atoms with E-state index in [1.54, 1.807) is 0 Å². The molecule has 0 saturated heterocycles. The molecule has 0 aliphatic rings. The summed E-state index contributed by atoms with van der Waals surface area (Å²) in [6, 6.07) is 0. The van der Waals surface area contributed by atoms with Crippen molar-refractivity contribution in [2.45, 2.75) is 71.1 Å². The normalized spacial score (nSPS) is 11.3. The highest BCUT2D eigenvalue weighted by molar-refractivity contribution is 7.73. The topological polar surface area (TPSA) is 0 Å². The van der Waals surface area contributed by atoms with Crippen molar-refractivity contribution in [3.63, 3.8) is 0 Å². The molecule has 0 radical (unpaired) electrons. The summed E-state index contributed by atoms with van der Waals surface area (Å²) in [5.41, 5.74) is 0. The highest BCUT2D eigenvalue weighted by Gasteiger charge is 2.15. The first kappa shape index (κ1) is 20.0. The Morgan fingerprint density at radius 1 is 0.588 bits per heavy atom. The molecular weight excluding hydrogens is 247 g/mol. The number of hydrogen-bond donors (Lipinski definition) is 0. The third-order valence-electron chi connectivity index (χ3n) is 3.18. The number of rotatable bonds is 11. The lowest BCUT2D eigenvalue weighted by molar-refractivity contribution is 0.562. The zero-order valence-electron chi connectivity index (χ0n) is 12.6. The van der Waals surface area contributed by atoms with E-state index < -0.39 is 7.26 Å². The van der Waals surface area contributed by atoms with E-state index >= 15 is 0 Å². The van der Waals surface area contributed by atoms with E-state index in [-0.39, 0.29) is 12.4 Å². The second kappa shape index (κ2) is 13.2. The predicted molar refractivity (Wildman–Crippen MR) is 88.7 cm³/mol. The third-order valence-corrected chi connectivity index (χ3v) is 4.84. The van der Waals surface area contributed by atoms with Crippen molar-refractivity contribution < 1.29 is 0 Å². The van der Waals surface area contributed by atoms with Gasteiger partial charge in [-0.05, 0) is 12.8 Å². The van der Waals surface area contributed by atoms with Gasteiger partial charge in [-0.2, -0.15) is 0 Å². The van der Waals surface area contributed by atoms with Gasteiger partial charge in [0.2, 0.25) is 0 Å². The molecule has 0 atom stereocenters. The molecule has 0 fully saturated rings. The fourth-order valence-corrected chi connectivity index (χ4v) is 3.25. The predicted octanol–water partition coefficient (Wildman–Crippen LogP) is 6.24. The van der Waals surface area contributed by atoms with Crippen LogP contribution in [0.1, 0.15) is 71.1 Å². The Kier molecular flexibility index (Phi) is 15.5. The Morgan fingerprint density at radius 3 is 1.29 bits per heavy atom. The van der Waals surface area contributed by atoms with Crippen LogP contribution in [0.15, 0.2) is 0 Å². The quantitative estimate of drug-likeness (QED) is 0.311. The summed E-state index contributed by atoms with van der Waals surface area (Å²) in [4.78, 5) is 0. The average Bonchev–Trinajstić information content (AvgIpc) is 2.19. The van der Waals surface area contributed by atoms with E-state index in [0.29, 0.717) is 0 Å². The van der Waals surface area contributed by atoms with Gasteiger partial charge in [0.15, 0.2) is 0 Å². The Balaban J connectivity index is 0. The Labute approximate surface area is 117 Å². The van der Waals surface area contributed by atoms with Crippen LogP contribution in [0.25, 0.3) is 0 Å². The summed E-state index contributed by atoms with van der Waals surface area (Å²) in [5, 5.41) is 0. The summed E-state index contributed by atoms with van der Waals surface area (Å²) in [6.07, 6.45) is 16.1. The van der Waals surface area contributed by atoms with Crippen molar-refractivity contribution in [2.75, 3.05) is 26.2 Å². The number of halogens is 1. The fraction of sp³-hybridized carbons (Fsp3) is 1.00. The minimum Gasteiger partial charge on any atom is -0.147 e. The lowest BCUT2D eigenvalue weighted by Crippen LogP contribution is -1.92. The SMILES string of the molecule is CCCCCCCCCCCC[P+](C)(C)C.Cl. The monoisotopic (exact) mass is 281 g/mol. The molecule has 0 nitrogen and oxygen atoms in total. The van der Waals surface area contributed by atoms with Crippen LogP contribution >= 0.6 is 19.7 Å². The molecule has 0 rings (SSSR count). The van der Waals surface area contributed by atoms with Crippen molar-refractivity contribution >= 4 is 19.7 Å². The van der Waals surface area contributed by atoms with Crippen LogP contribution in [0.4, 0.5) is 0 Å². The molecule has 0 spiro atoms. The molecule has 0 aromatic carbocycles. The van der Waals surface area contributed by atoms with Gasteiger partial charge in [-0.3, -0.25) is 0 Å². The molecule has 0 unspecified atom stereocenters. The van der Waals surface area contributed by atoms with Gasteiger partial charge in [0.1, 0.15) is 0 Å². The zero-order valence-corrected chi connectivity index (χ0v) is 14.3. The summed E-state index contributed by atoms with van der Waals surface area (Å²) < 4.78 is 0. The van der Waals surface area contributed by atoms with Gasteiger partial charge in [0.05, 0.1) is 6.16 Å². The average molecular weight is 282 g/mol. The minimum atomic E-state index is -0.490. The highest BCUT2D eigenvalue weighted by atomic mass is 35.5. The molecular formula is C15H35ClP+. The maximum Gasteiger partial charge on any atom is 0.0586 e. The molecule has 0 aliphatic carbocycles. The molecule has 0 aromatic heterocycles. The van der Waals surface area contributed by atoms with Crippen molar-refractivity contribution in [3.05, 3.63) is 0 Å². The van der Waals surface area contributed by atoms with Crippen LogP contribution in [0, 0.1) is 0 Å². The molecule has 0 aromatic rings. The van der Waals surface area contributed by atoms with Gasteiger partial charge >= 0.3 is 0 Å². The molecule has 0 bridgehead atoms. The second-order valence-electron chi connectivity index (χ2n) is 6.20. The summed E-state index contributed by atoms with van der Waals surface area (Å²) >= 11 is 0. The first-order chi connectivity index (χ1) is 7.56. The molecule has 0 heterocycles. The molecule has 0 amide bonds. The van der Waals surface area contributed by atoms with Crippen LogP contribution in [-0.2, 0) is 0 Å². The molecule has 0 N–H and O–H groups in total. The summed E-state index contributed by atoms with van der Waals surface area (Å²) in [6.45, 7) is 9.67. The van der Waals surface area contributed by atoms with E-state index in [1.807, 2.05) is 0 Å². The largest absolute Gasteiger partial charge is 0.147 e. The molecule has 0 saturated carbocycles. The standard InChI is InChI=1S/C15H34P.ClH/c1-5-6-7-8-9-10-11-12-13-14-15-16(2,3)4;/h5-15H2,1-4H3;1H/q+1;. The Morgan fingerprint density at radius 2 is 0.941 bits per heavy atom. The second-order valence-corrected chi connectivity index (χ2v) is 11.2.